The Bertz CT molecular complexity index is 390. The van der Waals surface area contributed by atoms with E-state index in [0.29, 0.717) is 0 Å². The molecule has 2 nitrogen and oxygen atoms in total. The van der Waals surface area contributed by atoms with Gasteiger partial charge in [-0.05, 0) is 42.7 Å². The van der Waals surface area contributed by atoms with Crippen LogP contribution in [-0.2, 0) is 0 Å². The third kappa shape index (κ3) is 2.11. The van der Waals surface area contributed by atoms with Crippen molar-refractivity contribution in [3.05, 3.63) is 29.8 Å². The van der Waals surface area contributed by atoms with Crippen LogP contribution in [0.3, 0.4) is 0 Å². The lowest BCUT2D eigenvalue weighted by Crippen LogP contribution is -2.29. The lowest BCUT2D eigenvalue weighted by Gasteiger charge is -2.30. The summed E-state index contributed by atoms with van der Waals surface area (Å²) in [6.45, 7) is 5.51. The van der Waals surface area contributed by atoms with E-state index in [0.717, 1.165) is 12.3 Å². The van der Waals surface area contributed by atoms with Gasteiger partial charge in [-0.3, -0.25) is 4.99 Å². The monoisotopic (exact) mass is 217 g/mol. The van der Waals surface area contributed by atoms with Gasteiger partial charge in [-0.1, -0.05) is 13.8 Å². The summed E-state index contributed by atoms with van der Waals surface area (Å²) in [5, 5.41) is 0. The summed E-state index contributed by atoms with van der Waals surface area (Å²) in [4.78, 5) is 4.68. The molecule has 0 spiro atoms. The Morgan fingerprint density at radius 3 is 2.44 bits per heavy atom. The highest BCUT2D eigenvalue weighted by atomic mass is 16.5. The number of rotatable bonds is 2. The Balaban J connectivity index is 2.32. The molecule has 16 heavy (non-hydrogen) atoms. The molecular formula is C14H19NO. The van der Waals surface area contributed by atoms with E-state index < -0.39 is 0 Å². The van der Waals surface area contributed by atoms with Crippen molar-refractivity contribution in [3.8, 4) is 5.75 Å². The summed E-state index contributed by atoms with van der Waals surface area (Å²) < 4.78 is 5.17. The number of aliphatic imine (C=N–C) groups is 1. The molecule has 1 aromatic carbocycles. The minimum atomic E-state index is 0.201. The van der Waals surface area contributed by atoms with Crippen molar-refractivity contribution in [1.29, 1.82) is 0 Å². The fourth-order valence-corrected chi connectivity index (χ4v) is 2.28. The van der Waals surface area contributed by atoms with Gasteiger partial charge in [0.05, 0.1) is 7.11 Å². The molecule has 0 fully saturated rings. The average Bonchev–Trinajstić information content (AvgIpc) is 2.29. The molecule has 1 aromatic rings. The first-order valence-electron chi connectivity index (χ1n) is 5.83. The molecule has 0 N–H and O–H groups in total. The Morgan fingerprint density at radius 2 is 1.88 bits per heavy atom. The summed E-state index contributed by atoms with van der Waals surface area (Å²) in [7, 11) is 1.69. The van der Waals surface area contributed by atoms with Gasteiger partial charge in [0.15, 0.2) is 0 Å². The number of nitrogens with zero attached hydrogens (tertiary/aromatic N) is 1. The van der Waals surface area contributed by atoms with Crippen molar-refractivity contribution in [3.63, 3.8) is 0 Å². The third-order valence-electron chi connectivity index (χ3n) is 3.23. The molecule has 1 heterocycles. The fraction of sp³-hybridized carbons (Fsp3) is 0.500. The zero-order valence-corrected chi connectivity index (χ0v) is 10.3. The van der Waals surface area contributed by atoms with Crippen molar-refractivity contribution in [2.24, 2.45) is 10.4 Å². The van der Waals surface area contributed by atoms with Crippen LogP contribution in [-0.4, -0.2) is 19.4 Å². The van der Waals surface area contributed by atoms with Gasteiger partial charge in [0, 0.05) is 17.7 Å². The highest BCUT2D eigenvalue weighted by molar-refractivity contribution is 6.04. The Morgan fingerprint density at radius 1 is 1.19 bits per heavy atom. The van der Waals surface area contributed by atoms with Crippen LogP contribution in [0.2, 0.25) is 0 Å². The molecule has 0 bridgehead atoms. The highest BCUT2D eigenvalue weighted by Gasteiger charge is 2.28. The maximum absolute atomic E-state index is 5.17. The summed E-state index contributed by atoms with van der Waals surface area (Å²) >= 11 is 0. The second-order valence-electron chi connectivity index (χ2n) is 4.95. The molecule has 1 aliphatic rings. The van der Waals surface area contributed by atoms with E-state index in [9.17, 15) is 0 Å². The van der Waals surface area contributed by atoms with Gasteiger partial charge < -0.3 is 4.74 Å². The van der Waals surface area contributed by atoms with Crippen LogP contribution in [0, 0.1) is 5.41 Å². The standard InChI is InChI=1S/C14H19NO/c1-14(2)9-4-10-15-13(14)11-5-7-12(16-3)8-6-11/h5-8H,4,9-10H2,1-3H3. The van der Waals surface area contributed by atoms with Crippen LogP contribution in [0.25, 0.3) is 0 Å². The molecular weight excluding hydrogens is 198 g/mol. The maximum Gasteiger partial charge on any atom is 0.118 e. The molecule has 2 heteroatoms. The van der Waals surface area contributed by atoms with E-state index in [1.54, 1.807) is 7.11 Å². The fourth-order valence-electron chi connectivity index (χ4n) is 2.28. The number of hydrogen-bond acceptors (Lipinski definition) is 2. The SMILES string of the molecule is COc1ccc(C2=NCCCC2(C)C)cc1. The minimum Gasteiger partial charge on any atom is -0.497 e. The first kappa shape index (κ1) is 11.2. The van der Waals surface area contributed by atoms with Crippen molar-refractivity contribution in [1.82, 2.24) is 0 Å². The summed E-state index contributed by atoms with van der Waals surface area (Å²) in [5.41, 5.74) is 2.67. The first-order chi connectivity index (χ1) is 7.63. The van der Waals surface area contributed by atoms with Gasteiger partial charge in [0.2, 0.25) is 0 Å². The molecule has 0 saturated heterocycles. The van der Waals surface area contributed by atoms with Crippen LogP contribution < -0.4 is 4.74 Å². The van der Waals surface area contributed by atoms with Crippen LogP contribution >= 0.6 is 0 Å². The number of hydrogen-bond donors (Lipinski definition) is 0. The number of ether oxygens (including phenoxy) is 1. The molecule has 0 atom stereocenters. The molecule has 0 saturated carbocycles. The summed E-state index contributed by atoms with van der Waals surface area (Å²) in [6.07, 6.45) is 2.42. The summed E-state index contributed by atoms with van der Waals surface area (Å²) in [5.74, 6) is 0.901. The van der Waals surface area contributed by atoms with Gasteiger partial charge in [-0.25, -0.2) is 0 Å². The second kappa shape index (κ2) is 4.28. The zero-order valence-electron chi connectivity index (χ0n) is 10.3. The lowest BCUT2D eigenvalue weighted by atomic mass is 9.78. The van der Waals surface area contributed by atoms with Crippen LogP contribution in [0.5, 0.6) is 5.75 Å². The van der Waals surface area contributed by atoms with Crippen LogP contribution in [0.1, 0.15) is 32.3 Å². The number of methoxy groups -OCH3 is 1. The lowest BCUT2D eigenvalue weighted by molar-refractivity contribution is 0.414. The minimum absolute atomic E-state index is 0.201. The van der Waals surface area contributed by atoms with Crippen LogP contribution in [0.4, 0.5) is 0 Å². The number of benzene rings is 1. The van der Waals surface area contributed by atoms with Crippen molar-refractivity contribution in [2.75, 3.05) is 13.7 Å². The maximum atomic E-state index is 5.17. The van der Waals surface area contributed by atoms with Crippen molar-refractivity contribution < 1.29 is 4.74 Å². The molecule has 1 aliphatic heterocycles. The van der Waals surface area contributed by atoms with Crippen LogP contribution in [0.15, 0.2) is 29.3 Å². The van der Waals surface area contributed by atoms with Gasteiger partial charge in [0.1, 0.15) is 5.75 Å². The Kier molecular flexibility index (Phi) is 2.99. The van der Waals surface area contributed by atoms with E-state index >= 15 is 0 Å². The van der Waals surface area contributed by atoms with E-state index in [1.165, 1.54) is 24.1 Å². The second-order valence-corrected chi connectivity index (χ2v) is 4.95. The quantitative estimate of drug-likeness (QED) is 0.744. The van der Waals surface area contributed by atoms with Gasteiger partial charge in [-0.2, -0.15) is 0 Å². The van der Waals surface area contributed by atoms with E-state index in [2.05, 4.69) is 31.0 Å². The Hall–Kier alpha value is -1.31. The van der Waals surface area contributed by atoms with Gasteiger partial charge >= 0.3 is 0 Å². The van der Waals surface area contributed by atoms with Gasteiger partial charge in [0.25, 0.3) is 0 Å². The topological polar surface area (TPSA) is 21.6 Å². The van der Waals surface area contributed by atoms with Crippen molar-refractivity contribution in [2.45, 2.75) is 26.7 Å². The molecule has 0 aliphatic carbocycles. The molecule has 0 unspecified atom stereocenters. The van der Waals surface area contributed by atoms with Gasteiger partial charge in [-0.15, -0.1) is 0 Å². The predicted octanol–water partition coefficient (Wildman–Crippen LogP) is 3.30. The largest absolute Gasteiger partial charge is 0.497 e. The molecule has 0 radical (unpaired) electrons. The Labute approximate surface area is 97.4 Å². The molecule has 2 rings (SSSR count). The van der Waals surface area contributed by atoms with E-state index in [-0.39, 0.29) is 5.41 Å². The smallest absolute Gasteiger partial charge is 0.118 e. The first-order valence-corrected chi connectivity index (χ1v) is 5.83. The van der Waals surface area contributed by atoms with Crippen molar-refractivity contribution >= 4 is 5.71 Å². The molecule has 0 aromatic heterocycles. The van der Waals surface area contributed by atoms with E-state index in [1.807, 2.05) is 12.1 Å². The third-order valence-corrected chi connectivity index (χ3v) is 3.23. The highest BCUT2D eigenvalue weighted by Crippen LogP contribution is 2.32. The zero-order chi connectivity index (χ0) is 11.6. The molecule has 0 amide bonds. The normalized spacial score (nSPS) is 19.1. The predicted molar refractivity (Wildman–Crippen MR) is 67.4 cm³/mol. The molecule has 86 valence electrons. The summed E-state index contributed by atoms with van der Waals surface area (Å²) in [6, 6.07) is 8.21. The van der Waals surface area contributed by atoms with E-state index in [4.69, 9.17) is 4.74 Å². The average molecular weight is 217 g/mol.